The van der Waals surface area contributed by atoms with Gasteiger partial charge >= 0.3 is 0 Å². The Balaban J connectivity index is 1.29. The zero-order valence-corrected chi connectivity index (χ0v) is 37.7. The van der Waals surface area contributed by atoms with Crippen molar-refractivity contribution in [1.82, 2.24) is 10.6 Å². The van der Waals surface area contributed by atoms with Crippen LogP contribution in [0.3, 0.4) is 0 Å². The molecule has 0 aromatic rings. The molecule has 18 N–H and O–H groups in total. The van der Waals surface area contributed by atoms with Gasteiger partial charge in [-0.15, -0.1) is 0 Å². The van der Waals surface area contributed by atoms with Crippen molar-refractivity contribution in [2.75, 3.05) is 33.0 Å². The van der Waals surface area contributed by atoms with Gasteiger partial charge in [-0.3, -0.25) is 9.59 Å². The predicted molar refractivity (Wildman–Crippen MR) is 215 cm³/mol. The average molecular weight is 1030 g/mol. The van der Waals surface area contributed by atoms with Crippen LogP contribution in [-0.4, -0.2) is 305 Å². The first-order valence-corrected chi connectivity index (χ1v) is 22.4. The molecule has 406 valence electrons. The van der Waals surface area contributed by atoms with Crippen molar-refractivity contribution >= 4 is 11.8 Å². The number of hydrogen-bond acceptors (Lipinski definition) is 29. The van der Waals surface area contributed by atoms with Crippen LogP contribution in [0, 0.1) is 0 Å². The van der Waals surface area contributed by atoms with Crippen LogP contribution in [-0.2, 0) is 61.7 Å². The van der Waals surface area contributed by atoms with E-state index >= 15 is 0 Å². The number of amides is 2. The summed E-state index contributed by atoms with van der Waals surface area (Å²) in [6.07, 6.45) is -48.6. The summed E-state index contributed by atoms with van der Waals surface area (Å²) in [4.78, 5) is 25.2. The second kappa shape index (κ2) is 24.5. The van der Waals surface area contributed by atoms with Crippen molar-refractivity contribution < 1.29 is 143 Å². The Bertz CT molecular complexity index is 1680. The van der Waals surface area contributed by atoms with Gasteiger partial charge in [-0.25, -0.2) is 0 Å². The van der Waals surface area contributed by atoms with Gasteiger partial charge in [0, 0.05) is 13.8 Å². The van der Waals surface area contributed by atoms with Crippen LogP contribution in [0.2, 0.25) is 0 Å². The maximum Gasteiger partial charge on any atom is 0.217 e. The minimum atomic E-state index is -2.13. The van der Waals surface area contributed by atoms with Gasteiger partial charge in [0.25, 0.3) is 0 Å². The lowest BCUT2D eigenvalue weighted by molar-refractivity contribution is -0.383. The highest BCUT2D eigenvalue weighted by Crippen LogP contribution is 2.37. The van der Waals surface area contributed by atoms with E-state index in [1.165, 1.54) is 6.92 Å². The molecule has 2 amide bonds. The lowest BCUT2D eigenvalue weighted by atomic mass is 9.93. The maximum atomic E-state index is 12.8. The fraction of sp³-hybridized carbons (Fsp3) is 0.949. The zero-order valence-electron chi connectivity index (χ0n) is 37.7. The number of aliphatic hydroxyl groups is 16. The zero-order chi connectivity index (χ0) is 51.6. The number of rotatable bonds is 17. The number of ether oxygens (including phenoxy) is 11. The highest BCUT2D eigenvalue weighted by molar-refractivity contribution is 5.73. The summed E-state index contributed by atoms with van der Waals surface area (Å²) in [5.74, 6) is -1.60. The van der Waals surface area contributed by atoms with Crippen LogP contribution in [0.4, 0.5) is 0 Å². The van der Waals surface area contributed by atoms with E-state index in [-0.39, 0.29) is 0 Å². The third kappa shape index (κ3) is 12.2. The van der Waals surface area contributed by atoms with Gasteiger partial charge < -0.3 is 144 Å². The Morgan fingerprint density at radius 2 is 0.829 bits per heavy atom. The summed E-state index contributed by atoms with van der Waals surface area (Å²) >= 11 is 0. The van der Waals surface area contributed by atoms with E-state index in [1.54, 1.807) is 0 Å². The van der Waals surface area contributed by atoms with Crippen molar-refractivity contribution in [3.8, 4) is 0 Å². The molecule has 70 heavy (non-hydrogen) atoms. The summed E-state index contributed by atoms with van der Waals surface area (Å²) in [5, 5.41) is 175. The predicted octanol–water partition coefficient (Wildman–Crippen LogP) is -12.1. The lowest BCUT2D eigenvalue weighted by Crippen LogP contribution is -2.71. The Hall–Kier alpha value is -2.14. The normalized spacial score (nSPS) is 50.1. The summed E-state index contributed by atoms with van der Waals surface area (Å²) in [5.41, 5.74) is 0. The molecular weight excluding hydrogens is 960 g/mol. The van der Waals surface area contributed by atoms with Crippen LogP contribution < -0.4 is 10.6 Å². The second-order valence-electron chi connectivity index (χ2n) is 17.8. The number of carbonyl (C=O) groups is 2. The van der Waals surface area contributed by atoms with E-state index in [0.29, 0.717) is 0 Å². The van der Waals surface area contributed by atoms with Gasteiger partial charge in [0.15, 0.2) is 37.7 Å². The molecule has 31 heteroatoms. The average Bonchev–Trinajstić information content (AvgIpc) is 3.60. The van der Waals surface area contributed by atoms with Gasteiger partial charge in [0.1, 0.15) is 134 Å². The van der Waals surface area contributed by atoms with Crippen molar-refractivity contribution in [3.05, 3.63) is 0 Å². The van der Waals surface area contributed by atoms with E-state index in [1.807, 2.05) is 0 Å². The number of hydrogen-bond donors (Lipinski definition) is 18. The van der Waals surface area contributed by atoms with Crippen LogP contribution in [0.25, 0.3) is 0 Å². The molecule has 0 aromatic carbocycles. The van der Waals surface area contributed by atoms with E-state index in [4.69, 9.17) is 52.1 Å². The minimum absolute atomic E-state index is 0.761. The SMILES string of the molecule is CC(=O)N[C@H]1[C@H](O[C@H]2[C@H](O[C@@H]3O[C@@H](C)[C@@H](O)[C@@H](O)[C@@H]3O)[C@@H](NC(C)=O)C(O)O[C@@H]2CO)O[C@H](CO)[C@@H](O[C@@H]2O[C@H](CO[C@H]3O[C@H](CO)[C@@H](O)[C@H](O)[C@@H]3O)[C@@H](O)[C@H](O)[C@@H]2O[C@@H]2O[C@@H](CO)[C@H](O)[C@H]2O)[C@@H]1O. The standard InChI is InChI=1S/C39H66N2O29/c1-9-19(48)24(53)29(58)37(61-9)69-32-18(41-11(3)47)34(59)62-15(7-45)31(32)68-35-17(40-10(2)46)23(52)30(14(6-44)65-35)67-39-33(70-38-27(56)21(50)13(5-43)64-38)26(55)22(51)16(66-39)8-60-36-28(57)25(54)20(49)12(4-42)63-36/h9,12-39,42-45,48-59H,4-8H2,1-3H3,(H,40,46)(H,41,47)/t9-,12+,13-,14+,15+,16+,17+,18+,19+,20+,21-,22+,23+,24+,25-,26-,27+,28-,29-,30+,31+,32+,33-,34?,35-,36-,37-,38-,39-/m0/s1. The molecule has 29 atom stereocenters. The van der Waals surface area contributed by atoms with Gasteiger partial charge in [-0.05, 0) is 6.92 Å². The third-order valence-corrected chi connectivity index (χ3v) is 12.8. The minimum Gasteiger partial charge on any atom is -0.394 e. The largest absolute Gasteiger partial charge is 0.394 e. The highest BCUT2D eigenvalue weighted by Gasteiger charge is 2.58. The molecule has 6 fully saturated rings. The highest BCUT2D eigenvalue weighted by atomic mass is 16.8. The number of aliphatic hydroxyl groups excluding tert-OH is 16. The Kier molecular flexibility index (Phi) is 20.0. The van der Waals surface area contributed by atoms with Crippen LogP contribution in [0.1, 0.15) is 20.8 Å². The summed E-state index contributed by atoms with van der Waals surface area (Å²) in [6, 6.07) is -3.40. The quantitative estimate of drug-likeness (QED) is 0.0643. The van der Waals surface area contributed by atoms with Gasteiger partial charge in [0.05, 0.1) is 39.1 Å². The van der Waals surface area contributed by atoms with Crippen molar-refractivity contribution in [3.63, 3.8) is 0 Å². The van der Waals surface area contributed by atoms with Crippen molar-refractivity contribution in [2.45, 2.75) is 199 Å². The molecule has 6 rings (SSSR count). The van der Waals surface area contributed by atoms with Gasteiger partial charge in [-0.2, -0.15) is 0 Å². The third-order valence-electron chi connectivity index (χ3n) is 12.8. The van der Waals surface area contributed by atoms with Crippen molar-refractivity contribution in [1.29, 1.82) is 0 Å². The van der Waals surface area contributed by atoms with Gasteiger partial charge in [-0.1, -0.05) is 0 Å². The van der Waals surface area contributed by atoms with E-state index in [9.17, 15) is 91.3 Å². The Labute approximate surface area is 397 Å². The molecule has 0 radical (unpaired) electrons. The van der Waals surface area contributed by atoms with Gasteiger partial charge in [0.2, 0.25) is 11.8 Å². The molecule has 0 bridgehead atoms. The van der Waals surface area contributed by atoms with E-state index in [2.05, 4.69) is 10.6 Å². The molecule has 6 aliphatic rings. The molecule has 6 aliphatic heterocycles. The molecule has 0 spiro atoms. The second-order valence-corrected chi connectivity index (χ2v) is 17.8. The van der Waals surface area contributed by atoms with E-state index < -0.39 is 223 Å². The lowest BCUT2D eigenvalue weighted by Gasteiger charge is -2.51. The molecule has 0 aliphatic carbocycles. The first-order chi connectivity index (χ1) is 33.1. The van der Waals surface area contributed by atoms with Crippen LogP contribution >= 0.6 is 0 Å². The molecular formula is C39H66N2O29. The van der Waals surface area contributed by atoms with Crippen LogP contribution in [0.5, 0.6) is 0 Å². The molecule has 1 unspecified atom stereocenters. The maximum absolute atomic E-state index is 12.8. The Morgan fingerprint density at radius 1 is 0.400 bits per heavy atom. The summed E-state index contributed by atoms with van der Waals surface area (Å²) in [6.45, 7) is -1.07. The van der Waals surface area contributed by atoms with Crippen LogP contribution in [0.15, 0.2) is 0 Å². The van der Waals surface area contributed by atoms with E-state index in [0.717, 1.165) is 13.8 Å². The first kappa shape index (κ1) is 57.1. The molecule has 6 heterocycles. The molecule has 31 nitrogen and oxygen atoms in total. The molecule has 0 aromatic heterocycles. The Morgan fingerprint density at radius 3 is 1.43 bits per heavy atom. The fourth-order valence-corrected chi connectivity index (χ4v) is 8.94. The monoisotopic (exact) mass is 1030 g/mol. The summed E-state index contributed by atoms with van der Waals surface area (Å²) in [7, 11) is 0. The molecule has 6 saturated heterocycles. The smallest absolute Gasteiger partial charge is 0.217 e. The number of nitrogens with one attached hydrogen (secondary N) is 2. The fourth-order valence-electron chi connectivity index (χ4n) is 8.94. The number of carbonyl (C=O) groups excluding carboxylic acids is 2. The first-order valence-electron chi connectivity index (χ1n) is 22.4. The molecule has 0 saturated carbocycles. The van der Waals surface area contributed by atoms with Crippen molar-refractivity contribution in [2.24, 2.45) is 0 Å². The topological polar surface area (TPSA) is 483 Å². The summed E-state index contributed by atoms with van der Waals surface area (Å²) < 4.78 is 63.6.